The van der Waals surface area contributed by atoms with Crippen molar-refractivity contribution >= 4 is 47.4 Å². The maximum absolute atomic E-state index is 11.9. The minimum atomic E-state index is -4.73. The van der Waals surface area contributed by atoms with Crippen molar-refractivity contribution in [2.24, 2.45) is 0 Å². The van der Waals surface area contributed by atoms with Gasteiger partial charge < -0.3 is 18.6 Å². The third-order valence-electron chi connectivity index (χ3n) is 11.6. The zero-order chi connectivity index (χ0) is 36.9. The van der Waals surface area contributed by atoms with Crippen LogP contribution in [-0.2, 0) is 41.2 Å². The molecule has 2 aliphatic heterocycles. The quantitative estimate of drug-likeness (QED) is 0.252. The molecule has 7 rings (SSSR count). The van der Waals surface area contributed by atoms with Gasteiger partial charge in [0, 0.05) is 40.5 Å². The highest BCUT2D eigenvalue weighted by molar-refractivity contribution is 7.86. The van der Waals surface area contributed by atoms with Crippen molar-refractivity contribution in [2.75, 3.05) is 29.5 Å². The number of aryl methyl sites for hydroxylation is 1. The molecule has 0 aromatic heterocycles. The van der Waals surface area contributed by atoms with Crippen molar-refractivity contribution in [3.63, 3.8) is 0 Å². The van der Waals surface area contributed by atoms with Gasteiger partial charge in [-0.05, 0) is 118 Å². The van der Waals surface area contributed by atoms with Crippen molar-refractivity contribution in [3.8, 4) is 0 Å². The Morgan fingerprint density at radius 2 is 1.45 bits per heavy atom. The fourth-order valence-corrected chi connectivity index (χ4v) is 10.4. The van der Waals surface area contributed by atoms with Crippen LogP contribution in [0.3, 0.4) is 0 Å². The average molecular weight is 753 g/mol. The molecule has 14 heteroatoms. The molecule has 3 aliphatic carbocycles. The molecule has 51 heavy (non-hydrogen) atoms. The highest BCUT2D eigenvalue weighted by atomic mass is 32.2. The first-order chi connectivity index (χ1) is 23.7. The predicted molar refractivity (Wildman–Crippen MR) is 190 cm³/mol. The normalized spacial score (nSPS) is 26.2. The summed E-state index contributed by atoms with van der Waals surface area (Å²) in [5.74, 6) is -1.12. The number of allylic oxidation sites excluding steroid dienone is 8. The smallest absolute Gasteiger partial charge is 0.209 e. The lowest BCUT2D eigenvalue weighted by atomic mass is 9.80. The van der Waals surface area contributed by atoms with Crippen molar-refractivity contribution in [1.29, 1.82) is 0 Å². The third kappa shape index (κ3) is 6.27. The Labute approximate surface area is 300 Å². The van der Waals surface area contributed by atoms with E-state index in [-0.39, 0.29) is 23.4 Å². The van der Waals surface area contributed by atoms with E-state index in [9.17, 15) is 38.9 Å². The average Bonchev–Trinajstić information content (AvgIpc) is 3.77. The molecule has 11 nitrogen and oxygen atoms in total. The number of hydrogen-bond donors (Lipinski definition) is 0. The summed E-state index contributed by atoms with van der Waals surface area (Å²) in [5.41, 5.74) is 10.8. The largest absolute Gasteiger partial charge is 0.748 e. The Hall–Kier alpha value is -3.40. The van der Waals surface area contributed by atoms with E-state index in [4.69, 9.17) is 0 Å². The summed E-state index contributed by atoms with van der Waals surface area (Å²) in [6, 6.07) is 10.3. The van der Waals surface area contributed by atoms with E-state index in [0.717, 1.165) is 81.8 Å². The van der Waals surface area contributed by atoms with Crippen LogP contribution in [-0.4, -0.2) is 73.8 Å². The number of benzene rings is 2. The summed E-state index contributed by atoms with van der Waals surface area (Å²) in [4.78, 5) is 1.67. The fraction of sp³-hybridized carbons (Fsp3) is 0.432. The van der Waals surface area contributed by atoms with E-state index < -0.39 is 47.3 Å². The molecule has 0 bridgehead atoms. The van der Waals surface area contributed by atoms with Crippen LogP contribution in [0.2, 0.25) is 0 Å². The lowest BCUT2D eigenvalue weighted by Gasteiger charge is -2.27. The monoisotopic (exact) mass is 752 g/mol. The Balaban J connectivity index is 1.28. The Morgan fingerprint density at radius 3 is 2.14 bits per heavy atom. The van der Waals surface area contributed by atoms with Gasteiger partial charge in [0.1, 0.15) is 20.2 Å². The molecule has 2 atom stereocenters. The van der Waals surface area contributed by atoms with Gasteiger partial charge in [-0.3, -0.25) is 0 Å². The molecule has 2 aromatic rings. The van der Waals surface area contributed by atoms with Crippen LogP contribution in [0.1, 0.15) is 76.0 Å². The predicted octanol–water partition coefficient (Wildman–Crippen LogP) is 4.93. The second kappa shape index (κ2) is 12.1. The van der Waals surface area contributed by atoms with Crippen molar-refractivity contribution in [1.82, 2.24) is 0 Å². The zero-order valence-corrected chi connectivity index (χ0v) is 31.4. The van der Waals surface area contributed by atoms with Crippen molar-refractivity contribution < 1.29 is 43.5 Å². The lowest BCUT2D eigenvalue weighted by Crippen LogP contribution is -2.30. The maximum Gasteiger partial charge on any atom is 0.209 e. The summed E-state index contributed by atoms with van der Waals surface area (Å²) >= 11 is 0. The lowest BCUT2D eigenvalue weighted by molar-refractivity contribution is -0.432. The molecule has 2 heterocycles. The first-order valence-corrected chi connectivity index (χ1v) is 21.6. The van der Waals surface area contributed by atoms with Crippen LogP contribution in [0.4, 0.5) is 11.4 Å². The summed E-state index contributed by atoms with van der Waals surface area (Å²) in [6.07, 6.45) is 8.84. The molecule has 0 N–H and O–H groups in total. The van der Waals surface area contributed by atoms with E-state index in [1.807, 2.05) is 30.9 Å². The minimum Gasteiger partial charge on any atom is -0.748 e. The van der Waals surface area contributed by atoms with Gasteiger partial charge in [0.2, 0.25) is 5.69 Å². The van der Waals surface area contributed by atoms with E-state index in [0.29, 0.717) is 24.1 Å². The summed E-state index contributed by atoms with van der Waals surface area (Å²) < 4.78 is 108. The second-order valence-electron chi connectivity index (χ2n) is 14.9. The Bertz CT molecular complexity index is 2400. The molecular formula is C37H40N2O9S3-2. The molecule has 1 fully saturated rings. The molecule has 5 aliphatic rings. The molecular weight excluding hydrogens is 713 g/mol. The summed E-state index contributed by atoms with van der Waals surface area (Å²) in [5, 5.41) is 0. The van der Waals surface area contributed by atoms with Crippen LogP contribution in [0.5, 0.6) is 0 Å². The van der Waals surface area contributed by atoms with Crippen LogP contribution < -0.4 is 4.90 Å². The van der Waals surface area contributed by atoms with Crippen LogP contribution in [0.25, 0.3) is 0 Å². The van der Waals surface area contributed by atoms with Crippen molar-refractivity contribution in [2.45, 2.75) is 81.9 Å². The van der Waals surface area contributed by atoms with Gasteiger partial charge in [0.25, 0.3) is 0 Å². The van der Waals surface area contributed by atoms with Gasteiger partial charge in [-0.25, -0.2) is 25.3 Å². The first kappa shape index (κ1) is 36.0. The standard InChI is InChI=1S/C37H42N2O9S3/c1-23-5-9-32-30(19-23)36(3)13-11-27(34(36)38(32)15-17-49(40,41)42)20-25-6-7-26(24(25)2)21-28-12-14-37(4)31-22-29(51(46,47)48)8-10-33(31)39(35(28)37)16-18-50(43,44)45/h5,8-10,19-22H,6-7,11-18H2,1-4H3,(H2-,40,41,42,43,44,45,46,47,48)/p-2. The van der Waals surface area contributed by atoms with Crippen LogP contribution in [0.15, 0.2) is 87.0 Å². The topological polar surface area (TPSA) is 178 Å². The maximum atomic E-state index is 11.9. The van der Waals surface area contributed by atoms with E-state index in [1.165, 1.54) is 18.2 Å². The Kier molecular flexibility index (Phi) is 8.51. The van der Waals surface area contributed by atoms with Crippen molar-refractivity contribution in [3.05, 3.63) is 98.8 Å². The molecule has 0 saturated heterocycles. The Morgan fingerprint density at radius 1 is 0.765 bits per heavy atom. The first-order valence-electron chi connectivity index (χ1n) is 17.1. The molecule has 0 radical (unpaired) electrons. The molecule has 0 spiro atoms. The van der Waals surface area contributed by atoms with Gasteiger partial charge in [-0.15, -0.1) is 0 Å². The highest BCUT2D eigenvalue weighted by Gasteiger charge is 2.54. The van der Waals surface area contributed by atoms with Gasteiger partial charge in [-0.2, -0.15) is 4.58 Å². The number of rotatable bonds is 9. The molecule has 0 amide bonds. The SMILES string of the molecule is CC1=C(C=C2CCC3(C)C2=[N+](CCS(=O)(=O)[O-])c2ccc(S(=O)(=O)[O-])cc23)CCC1=CC1=C2N(CCS(=O)(=O)[O-])c3ccc(C)cc3C2(C)CC1. The van der Waals surface area contributed by atoms with Gasteiger partial charge in [0.05, 0.1) is 31.9 Å². The van der Waals surface area contributed by atoms with Gasteiger partial charge in [-0.1, -0.05) is 23.8 Å². The fourth-order valence-electron chi connectivity index (χ4n) is 9.12. The number of fused-ring (bicyclic) bond motifs is 6. The number of hydrogen-bond acceptors (Lipinski definition) is 10. The second-order valence-corrected chi connectivity index (χ2v) is 19.3. The summed E-state index contributed by atoms with van der Waals surface area (Å²) in [6.45, 7) is 8.25. The molecule has 1 saturated carbocycles. The van der Waals surface area contributed by atoms with Crippen LogP contribution in [0, 0.1) is 6.92 Å². The third-order valence-corrected chi connectivity index (χ3v) is 13.8. The van der Waals surface area contributed by atoms with Gasteiger partial charge >= 0.3 is 0 Å². The summed E-state index contributed by atoms with van der Waals surface area (Å²) in [7, 11) is -13.7. The zero-order valence-electron chi connectivity index (χ0n) is 29.0. The number of nitrogens with zero attached hydrogens (tertiary/aromatic N) is 2. The van der Waals surface area contributed by atoms with E-state index in [2.05, 4.69) is 32.1 Å². The van der Waals surface area contributed by atoms with E-state index in [1.54, 1.807) is 4.58 Å². The van der Waals surface area contributed by atoms with E-state index >= 15 is 0 Å². The molecule has 2 aromatic carbocycles. The molecule has 2 unspecified atom stereocenters. The highest BCUT2D eigenvalue weighted by Crippen LogP contribution is 2.57. The molecule has 272 valence electrons. The number of anilines is 1. The van der Waals surface area contributed by atoms with Gasteiger partial charge in [0.15, 0.2) is 12.3 Å². The van der Waals surface area contributed by atoms with Crippen LogP contribution >= 0.6 is 0 Å². The minimum absolute atomic E-state index is 0.0812.